The van der Waals surface area contributed by atoms with Gasteiger partial charge < -0.3 is 15.0 Å². The molecule has 1 atom stereocenters. The predicted molar refractivity (Wildman–Crippen MR) is 81.3 cm³/mol. The van der Waals surface area contributed by atoms with Gasteiger partial charge in [-0.1, -0.05) is 0 Å². The molecule has 1 aliphatic rings. The first-order chi connectivity index (χ1) is 10.1. The highest BCUT2D eigenvalue weighted by Gasteiger charge is 2.27. The summed E-state index contributed by atoms with van der Waals surface area (Å²) in [5.74, 6) is 0.836. The number of ether oxygens (including phenoxy) is 1. The summed E-state index contributed by atoms with van der Waals surface area (Å²) in [5.41, 5.74) is 1.92. The van der Waals surface area contributed by atoms with Crippen molar-refractivity contribution in [1.29, 1.82) is 0 Å². The summed E-state index contributed by atoms with van der Waals surface area (Å²) in [6.07, 6.45) is 1.90. The Bertz CT molecular complexity index is 472. The number of anilines is 1. The predicted octanol–water partition coefficient (Wildman–Crippen LogP) is 1.07. The number of carbonyl (C=O) groups is 1. The Morgan fingerprint density at radius 3 is 2.81 bits per heavy atom. The van der Waals surface area contributed by atoms with Gasteiger partial charge in [0.05, 0.1) is 12.5 Å². The van der Waals surface area contributed by atoms with Gasteiger partial charge in [0.15, 0.2) is 0 Å². The maximum Gasteiger partial charge on any atom is 0.225 e. The third-order valence-electron chi connectivity index (χ3n) is 3.65. The van der Waals surface area contributed by atoms with Crippen LogP contribution in [0.1, 0.15) is 24.2 Å². The van der Waals surface area contributed by atoms with Crippen LogP contribution in [0.5, 0.6) is 0 Å². The number of aromatic nitrogens is 2. The van der Waals surface area contributed by atoms with Crippen LogP contribution in [-0.4, -0.2) is 49.2 Å². The van der Waals surface area contributed by atoms with E-state index < -0.39 is 0 Å². The van der Waals surface area contributed by atoms with Crippen molar-refractivity contribution in [3.05, 3.63) is 17.5 Å². The summed E-state index contributed by atoms with van der Waals surface area (Å²) in [7, 11) is 1.63. The number of hydrogen-bond donors (Lipinski definition) is 1. The van der Waals surface area contributed by atoms with Crippen LogP contribution in [0.2, 0.25) is 0 Å². The van der Waals surface area contributed by atoms with Crippen molar-refractivity contribution in [2.45, 2.75) is 26.7 Å². The zero-order chi connectivity index (χ0) is 15.2. The van der Waals surface area contributed by atoms with Gasteiger partial charge in [-0.2, -0.15) is 0 Å². The highest BCUT2D eigenvalue weighted by atomic mass is 16.5. The lowest BCUT2D eigenvalue weighted by Crippen LogP contribution is -2.44. The highest BCUT2D eigenvalue weighted by molar-refractivity contribution is 5.79. The average molecular weight is 292 g/mol. The molecule has 2 rings (SSSR count). The number of nitrogens with zero attached hydrogens (tertiary/aromatic N) is 3. The van der Waals surface area contributed by atoms with Gasteiger partial charge in [-0.05, 0) is 32.8 Å². The van der Waals surface area contributed by atoms with Crippen LogP contribution in [0, 0.1) is 19.8 Å². The van der Waals surface area contributed by atoms with Crippen LogP contribution >= 0.6 is 0 Å². The second-order valence-electron chi connectivity index (χ2n) is 5.52. The molecule has 116 valence electrons. The fourth-order valence-electron chi connectivity index (χ4n) is 2.64. The summed E-state index contributed by atoms with van der Waals surface area (Å²) in [6, 6.07) is 1.96. The molecule has 1 aromatic rings. The first-order valence-corrected chi connectivity index (χ1v) is 7.44. The molecule has 0 aromatic carbocycles. The monoisotopic (exact) mass is 292 g/mol. The van der Waals surface area contributed by atoms with E-state index in [0.717, 1.165) is 36.7 Å². The summed E-state index contributed by atoms with van der Waals surface area (Å²) in [4.78, 5) is 23.2. The number of amides is 1. The fraction of sp³-hybridized carbons (Fsp3) is 0.667. The van der Waals surface area contributed by atoms with E-state index in [0.29, 0.717) is 19.7 Å². The fourth-order valence-corrected chi connectivity index (χ4v) is 2.64. The summed E-state index contributed by atoms with van der Waals surface area (Å²) in [6.45, 7) is 6.63. The number of piperidine rings is 1. The number of carbonyl (C=O) groups excluding carboxylic acids is 1. The Morgan fingerprint density at radius 2 is 2.14 bits per heavy atom. The molecule has 6 heteroatoms. The SMILES string of the molecule is COCCNC(=O)[C@@H]1CCCN(c2nc(C)cc(C)n2)C1. The van der Waals surface area contributed by atoms with Gasteiger partial charge in [0.1, 0.15) is 0 Å². The van der Waals surface area contributed by atoms with Crippen LogP contribution in [0.25, 0.3) is 0 Å². The van der Waals surface area contributed by atoms with Gasteiger partial charge in [0.25, 0.3) is 0 Å². The number of aryl methyl sites for hydroxylation is 2. The van der Waals surface area contributed by atoms with E-state index in [-0.39, 0.29) is 11.8 Å². The third kappa shape index (κ3) is 4.39. The summed E-state index contributed by atoms with van der Waals surface area (Å²) < 4.78 is 4.95. The molecule has 0 saturated carbocycles. The van der Waals surface area contributed by atoms with Crippen molar-refractivity contribution >= 4 is 11.9 Å². The lowest BCUT2D eigenvalue weighted by Gasteiger charge is -2.32. The van der Waals surface area contributed by atoms with Gasteiger partial charge in [-0.3, -0.25) is 4.79 Å². The van der Waals surface area contributed by atoms with Crippen molar-refractivity contribution in [3.63, 3.8) is 0 Å². The van der Waals surface area contributed by atoms with Crippen LogP contribution < -0.4 is 10.2 Å². The minimum absolute atomic E-state index is 0.0000227. The third-order valence-corrected chi connectivity index (χ3v) is 3.65. The zero-order valence-electron chi connectivity index (χ0n) is 13.1. The van der Waals surface area contributed by atoms with Crippen LogP contribution in [0.4, 0.5) is 5.95 Å². The Kier molecular flexibility index (Phi) is 5.50. The number of rotatable bonds is 5. The molecule has 0 radical (unpaired) electrons. The molecule has 0 spiro atoms. The first kappa shape index (κ1) is 15.7. The quantitative estimate of drug-likeness (QED) is 0.822. The average Bonchev–Trinajstić information content (AvgIpc) is 2.46. The van der Waals surface area contributed by atoms with E-state index in [2.05, 4.69) is 20.2 Å². The molecule has 1 fully saturated rings. The molecule has 1 aromatic heterocycles. The van der Waals surface area contributed by atoms with E-state index >= 15 is 0 Å². The van der Waals surface area contributed by atoms with Crippen LogP contribution in [0.15, 0.2) is 6.07 Å². The maximum absolute atomic E-state index is 12.1. The van der Waals surface area contributed by atoms with E-state index in [1.54, 1.807) is 7.11 Å². The molecule has 2 heterocycles. The highest BCUT2D eigenvalue weighted by Crippen LogP contribution is 2.21. The van der Waals surface area contributed by atoms with E-state index in [1.807, 2.05) is 19.9 Å². The normalized spacial score (nSPS) is 18.6. The van der Waals surface area contributed by atoms with E-state index in [9.17, 15) is 4.79 Å². The van der Waals surface area contributed by atoms with Gasteiger partial charge in [-0.15, -0.1) is 0 Å². The molecule has 21 heavy (non-hydrogen) atoms. The van der Waals surface area contributed by atoms with E-state index in [1.165, 1.54) is 0 Å². The zero-order valence-corrected chi connectivity index (χ0v) is 13.1. The van der Waals surface area contributed by atoms with Crippen molar-refractivity contribution in [2.75, 3.05) is 38.3 Å². The number of hydrogen-bond acceptors (Lipinski definition) is 5. The minimum atomic E-state index is 0.0000227. The largest absolute Gasteiger partial charge is 0.383 e. The molecular weight excluding hydrogens is 268 g/mol. The topological polar surface area (TPSA) is 67.3 Å². The van der Waals surface area contributed by atoms with Crippen molar-refractivity contribution in [1.82, 2.24) is 15.3 Å². The second kappa shape index (κ2) is 7.36. The smallest absolute Gasteiger partial charge is 0.225 e. The minimum Gasteiger partial charge on any atom is -0.383 e. The molecule has 0 unspecified atom stereocenters. The Labute approximate surface area is 125 Å². The van der Waals surface area contributed by atoms with Gasteiger partial charge in [0.2, 0.25) is 11.9 Å². The number of methoxy groups -OCH3 is 1. The van der Waals surface area contributed by atoms with E-state index in [4.69, 9.17) is 4.74 Å². The Hall–Kier alpha value is -1.69. The van der Waals surface area contributed by atoms with Gasteiger partial charge >= 0.3 is 0 Å². The standard InChI is InChI=1S/C15H24N4O2/c1-11-9-12(2)18-15(17-11)19-7-4-5-13(10-19)14(20)16-6-8-21-3/h9,13H,4-8,10H2,1-3H3,(H,16,20)/t13-/m1/s1. The lowest BCUT2D eigenvalue weighted by atomic mass is 9.97. The molecule has 6 nitrogen and oxygen atoms in total. The van der Waals surface area contributed by atoms with Gasteiger partial charge in [0, 0.05) is 38.1 Å². The molecule has 0 aliphatic carbocycles. The molecule has 1 aliphatic heterocycles. The molecular formula is C15H24N4O2. The first-order valence-electron chi connectivity index (χ1n) is 7.44. The second-order valence-corrected chi connectivity index (χ2v) is 5.52. The van der Waals surface area contributed by atoms with Crippen LogP contribution in [0.3, 0.4) is 0 Å². The molecule has 1 amide bonds. The van der Waals surface area contributed by atoms with Crippen molar-refractivity contribution in [3.8, 4) is 0 Å². The lowest BCUT2D eigenvalue weighted by molar-refractivity contribution is -0.125. The van der Waals surface area contributed by atoms with Crippen molar-refractivity contribution in [2.24, 2.45) is 5.92 Å². The molecule has 0 bridgehead atoms. The maximum atomic E-state index is 12.1. The molecule has 1 N–H and O–H groups in total. The number of nitrogens with one attached hydrogen (secondary N) is 1. The summed E-state index contributed by atoms with van der Waals surface area (Å²) in [5, 5.41) is 2.92. The van der Waals surface area contributed by atoms with Crippen LogP contribution in [-0.2, 0) is 9.53 Å². The Balaban J connectivity index is 1.98. The molecule has 1 saturated heterocycles. The summed E-state index contributed by atoms with van der Waals surface area (Å²) >= 11 is 0. The Morgan fingerprint density at radius 1 is 1.43 bits per heavy atom. The van der Waals surface area contributed by atoms with Gasteiger partial charge in [-0.25, -0.2) is 9.97 Å². The van der Waals surface area contributed by atoms with Crippen molar-refractivity contribution < 1.29 is 9.53 Å².